The van der Waals surface area contributed by atoms with Gasteiger partial charge in [-0.3, -0.25) is 4.79 Å². The number of phenolic OH excluding ortho intramolecular Hbond substituents is 1. The summed E-state index contributed by atoms with van der Waals surface area (Å²) in [6, 6.07) is 12.0. The molecule has 0 saturated heterocycles. The topological polar surface area (TPSA) is 99.0 Å². The first-order chi connectivity index (χ1) is 10.1. The standard InChI is InChI=1S/C15H12N2O4/c18-12-7-5-10(6-8-12)14(19)17-16-9-11-3-1-2-4-13(11)15(20)21/h1-9,18H,(H,17,19)(H,20,21)/b16-9-. The van der Waals surface area contributed by atoms with E-state index in [1.165, 1.54) is 36.5 Å². The summed E-state index contributed by atoms with van der Waals surface area (Å²) >= 11 is 0. The van der Waals surface area contributed by atoms with Crippen molar-refractivity contribution in [3.05, 3.63) is 65.2 Å². The van der Waals surface area contributed by atoms with E-state index < -0.39 is 11.9 Å². The number of hydrogen-bond donors (Lipinski definition) is 3. The molecule has 0 fully saturated rings. The minimum atomic E-state index is -1.07. The molecule has 6 nitrogen and oxygen atoms in total. The molecule has 0 spiro atoms. The summed E-state index contributed by atoms with van der Waals surface area (Å²) in [5.74, 6) is -1.47. The Morgan fingerprint density at radius 1 is 1.05 bits per heavy atom. The number of benzene rings is 2. The first kappa shape index (κ1) is 14.3. The predicted octanol–water partition coefficient (Wildman–Crippen LogP) is 1.85. The van der Waals surface area contributed by atoms with Crippen molar-refractivity contribution >= 4 is 18.1 Å². The number of phenols is 1. The van der Waals surface area contributed by atoms with Crippen molar-refractivity contribution in [2.24, 2.45) is 5.10 Å². The van der Waals surface area contributed by atoms with Gasteiger partial charge < -0.3 is 10.2 Å². The van der Waals surface area contributed by atoms with Crippen LogP contribution in [0.15, 0.2) is 53.6 Å². The average molecular weight is 284 g/mol. The van der Waals surface area contributed by atoms with Crippen LogP contribution in [0.25, 0.3) is 0 Å². The van der Waals surface area contributed by atoms with Crippen LogP contribution in [0.5, 0.6) is 5.75 Å². The van der Waals surface area contributed by atoms with Gasteiger partial charge in [-0.1, -0.05) is 18.2 Å². The highest BCUT2D eigenvalue weighted by Crippen LogP contribution is 2.09. The maximum Gasteiger partial charge on any atom is 0.336 e. The van der Waals surface area contributed by atoms with E-state index >= 15 is 0 Å². The molecule has 0 radical (unpaired) electrons. The van der Waals surface area contributed by atoms with Crippen molar-refractivity contribution in [1.82, 2.24) is 5.43 Å². The fraction of sp³-hybridized carbons (Fsp3) is 0. The Kier molecular flexibility index (Phi) is 4.30. The lowest BCUT2D eigenvalue weighted by Gasteiger charge is -2.01. The number of nitrogens with zero attached hydrogens (tertiary/aromatic N) is 1. The lowest BCUT2D eigenvalue weighted by molar-refractivity contribution is 0.0696. The molecule has 0 aliphatic rings. The molecule has 6 heteroatoms. The van der Waals surface area contributed by atoms with Gasteiger partial charge in [0, 0.05) is 11.1 Å². The summed E-state index contributed by atoms with van der Waals surface area (Å²) < 4.78 is 0. The van der Waals surface area contributed by atoms with E-state index in [-0.39, 0.29) is 11.3 Å². The van der Waals surface area contributed by atoms with E-state index in [1.807, 2.05) is 0 Å². The molecule has 0 atom stereocenters. The smallest absolute Gasteiger partial charge is 0.336 e. The van der Waals surface area contributed by atoms with Crippen molar-refractivity contribution in [1.29, 1.82) is 0 Å². The highest BCUT2D eigenvalue weighted by Gasteiger charge is 2.07. The Labute approximate surface area is 120 Å². The molecule has 0 saturated carbocycles. The Hall–Kier alpha value is -3.15. The molecule has 106 valence electrons. The van der Waals surface area contributed by atoms with Gasteiger partial charge in [0.15, 0.2) is 0 Å². The SMILES string of the molecule is O=C(N/N=C\c1ccccc1C(=O)O)c1ccc(O)cc1. The first-order valence-corrected chi connectivity index (χ1v) is 6.02. The maximum atomic E-state index is 11.7. The normalized spacial score (nSPS) is 10.5. The van der Waals surface area contributed by atoms with Crippen molar-refractivity contribution in [2.45, 2.75) is 0 Å². The summed E-state index contributed by atoms with van der Waals surface area (Å²) in [5, 5.41) is 21.9. The van der Waals surface area contributed by atoms with Gasteiger partial charge in [0.2, 0.25) is 0 Å². The van der Waals surface area contributed by atoms with E-state index in [9.17, 15) is 9.59 Å². The second-order valence-corrected chi connectivity index (χ2v) is 4.14. The number of aromatic hydroxyl groups is 1. The zero-order chi connectivity index (χ0) is 15.2. The third-order valence-electron chi connectivity index (χ3n) is 2.69. The van der Waals surface area contributed by atoms with Crippen LogP contribution in [-0.2, 0) is 0 Å². The van der Waals surface area contributed by atoms with Crippen LogP contribution in [-0.4, -0.2) is 28.3 Å². The highest BCUT2D eigenvalue weighted by molar-refractivity contribution is 5.99. The molecule has 0 bridgehead atoms. The number of nitrogens with one attached hydrogen (secondary N) is 1. The Morgan fingerprint density at radius 2 is 1.71 bits per heavy atom. The largest absolute Gasteiger partial charge is 0.508 e. The third kappa shape index (κ3) is 3.66. The Morgan fingerprint density at radius 3 is 2.38 bits per heavy atom. The molecule has 0 unspecified atom stereocenters. The molecule has 0 aromatic heterocycles. The summed E-state index contributed by atoms with van der Waals surface area (Å²) in [4.78, 5) is 22.7. The fourth-order valence-corrected chi connectivity index (χ4v) is 1.64. The molecule has 0 aliphatic heterocycles. The van der Waals surface area contributed by atoms with Gasteiger partial charge in [-0.05, 0) is 30.3 Å². The Bertz CT molecular complexity index is 693. The molecule has 0 heterocycles. The summed E-state index contributed by atoms with van der Waals surface area (Å²) in [6.07, 6.45) is 1.27. The zero-order valence-corrected chi connectivity index (χ0v) is 10.9. The second-order valence-electron chi connectivity index (χ2n) is 4.14. The van der Waals surface area contributed by atoms with Gasteiger partial charge in [0.05, 0.1) is 11.8 Å². The van der Waals surface area contributed by atoms with Crippen LogP contribution >= 0.6 is 0 Å². The quantitative estimate of drug-likeness (QED) is 0.589. The van der Waals surface area contributed by atoms with Crippen molar-refractivity contribution in [3.8, 4) is 5.75 Å². The minimum Gasteiger partial charge on any atom is -0.508 e. The van der Waals surface area contributed by atoms with Crippen molar-refractivity contribution in [2.75, 3.05) is 0 Å². The first-order valence-electron chi connectivity index (χ1n) is 6.02. The molecular formula is C15H12N2O4. The number of hydrogen-bond acceptors (Lipinski definition) is 4. The molecular weight excluding hydrogens is 272 g/mol. The molecule has 3 N–H and O–H groups in total. The predicted molar refractivity (Wildman–Crippen MR) is 76.6 cm³/mol. The number of carboxylic acids is 1. The van der Waals surface area contributed by atoms with Crippen LogP contribution in [0.4, 0.5) is 0 Å². The molecule has 1 amide bonds. The van der Waals surface area contributed by atoms with Gasteiger partial charge in [-0.15, -0.1) is 0 Å². The average Bonchev–Trinajstić information content (AvgIpc) is 2.48. The van der Waals surface area contributed by atoms with E-state index in [1.54, 1.807) is 18.2 Å². The van der Waals surface area contributed by atoms with Gasteiger partial charge in [-0.2, -0.15) is 5.10 Å². The van der Waals surface area contributed by atoms with Crippen molar-refractivity contribution < 1.29 is 19.8 Å². The summed E-state index contributed by atoms with van der Waals surface area (Å²) in [6.45, 7) is 0. The fourth-order valence-electron chi connectivity index (χ4n) is 1.64. The number of carbonyl (C=O) groups is 2. The summed E-state index contributed by atoms with van der Waals surface area (Å²) in [7, 11) is 0. The minimum absolute atomic E-state index is 0.0606. The Balaban J connectivity index is 2.07. The maximum absolute atomic E-state index is 11.7. The van der Waals surface area contributed by atoms with Crippen LogP contribution < -0.4 is 5.43 Å². The van der Waals surface area contributed by atoms with Gasteiger partial charge in [-0.25, -0.2) is 10.2 Å². The number of carboxylic acid groups (broad SMARTS) is 1. The highest BCUT2D eigenvalue weighted by atomic mass is 16.4. The number of hydrazone groups is 1. The summed E-state index contributed by atoms with van der Waals surface area (Å²) in [5.41, 5.74) is 3.10. The van der Waals surface area contributed by atoms with E-state index in [0.717, 1.165) is 0 Å². The van der Waals surface area contributed by atoms with E-state index in [4.69, 9.17) is 10.2 Å². The number of rotatable bonds is 4. The lowest BCUT2D eigenvalue weighted by atomic mass is 10.1. The number of carbonyl (C=O) groups excluding carboxylic acids is 1. The monoisotopic (exact) mass is 284 g/mol. The van der Waals surface area contributed by atoms with Gasteiger partial charge in [0.1, 0.15) is 5.75 Å². The number of amides is 1. The number of aromatic carboxylic acids is 1. The van der Waals surface area contributed by atoms with Crippen molar-refractivity contribution in [3.63, 3.8) is 0 Å². The van der Waals surface area contributed by atoms with Crippen LogP contribution in [0.3, 0.4) is 0 Å². The van der Waals surface area contributed by atoms with Gasteiger partial charge in [0.25, 0.3) is 5.91 Å². The van der Waals surface area contributed by atoms with Crippen LogP contribution in [0, 0.1) is 0 Å². The van der Waals surface area contributed by atoms with Crippen LogP contribution in [0.1, 0.15) is 26.3 Å². The van der Waals surface area contributed by atoms with Gasteiger partial charge >= 0.3 is 5.97 Å². The van der Waals surface area contributed by atoms with E-state index in [2.05, 4.69) is 10.5 Å². The second kappa shape index (κ2) is 6.33. The third-order valence-corrected chi connectivity index (χ3v) is 2.69. The van der Waals surface area contributed by atoms with E-state index in [0.29, 0.717) is 11.1 Å². The zero-order valence-electron chi connectivity index (χ0n) is 10.9. The molecule has 2 aromatic carbocycles. The molecule has 0 aliphatic carbocycles. The molecule has 21 heavy (non-hydrogen) atoms. The molecule has 2 rings (SSSR count). The van der Waals surface area contributed by atoms with Crippen LogP contribution in [0.2, 0.25) is 0 Å². The lowest BCUT2D eigenvalue weighted by Crippen LogP contribution is -2.17. The molecule has 2 aromatic rings.